The molecule has 0 aliphatic rings. The van der Waals surface area contributed by atoms with Gasteiger partial charge in [-0.3, -0.25) is 0 Å². The van der Waals surface area contributed by atoms with Gasteiger partial charge in [0.2, 0.25) is 0 Å². The normalized spacial score (nSPS) is 9.55. The van der Waals surface area contributed by atoms with Gasteiger partial charge in [0.25, 0.3) is 0 Å². The lowest BCUT2D eigenvalue weighted by atomic mass is 10.1. The van der Waals surface area contributed by atoms with Crippen molar-refractivity contribution >= 4 is 11.7 Å². The van der Waals surface area contributed by atoms with Crippen molar-refractivity contribution in [1.82, 2.24) is 0 Å². The molecule has 11 heavy (non-hydrogen) atoms. The van der Waals surface area contributed by atoms with E-state index in [9.17, 15) is 4.79 Å². The van der Waals surface area contributed by atoms with Crippen molar-refractivity contribution in [3.8, 4) is 0 Å². The Bertz CT molecular complexity index is 294. The minimum atomic E-state index is -0.914. The zero-order valence-electron chi connectivity index (χ0n) is 6.16. The average molecular weight is 151 g/mol. The number of nitrogens with two attached hydrogens (primary N) is 1. The van der Waals surface area contributed by atoms with Crippen LogP contribution in [0.2, 0.25) is 0 Å². The lowest BCUT2D eigenvalue weighted by Crippen LogP contribution is -1.99. The fourth-order valence-corrected chi connectivity index (χ4v) is 0.927. The molecule has 1 rings (SSSR count). The Labute approximate surface area is 64.5 Å². The lowest BCUT2D eigenvalue weighted by Gasteiger charge is -2.00. The third-order valence-electron chi connectivity index (χ3n) is 1.48. The van der Waals surface area contributed by atoms with Crippen molar-refractivity contribution < 1.29 is 9.90 Å². The van der Waals surface area contributed by atoms with Gasteiger partial charge < -0.3 is 10.8 Å². The van der Waals surface area contributed by atoms with Crippen LogP contribution in [0.1, 0.15) is 15.9 Å². The summed E-state index contributed by atoms with van der Waals surface area (Å²) in [5.41, 5.74) is 7.02. The number of aryl methyl sites for hydroxylation is 1. The van der Waals surface area contributed by atoms with E-state index in [1.807, 2.05) is 0 Å². The maximum Gasteiger partial charge on any atom is 0.335 e. The molecule has 3 N–H and O–H groups in total. The predicted octanol–water partition coefficient (Wildman–Crippen LogP) is 1.28. The van der Waals surface area contributed by atoms with Crippen molar-refractivity contribution in [2.24, 2.45) is 0 Å². The van der Waals surface area contributed by atoms with Crippen LogP contribution in [0.3, 0.4) is 0 Å². The third-order valence-corrected chi connectivity index (χ3v) is 1.48. The van der Waals surface area contributed by atoms with E-state index in [2.05, 4.69) is 0 Å². The lowest BCUT2D eigenvalue weighted by molar-refractivity contribution is 0.0696. The Morgan fingerprint density at radius 2 is 2.18 bits per heavy atom. The van der Waals surface area contributed by atoms with Crippen LogP contribution in [-0.2, 0) is 0 Å². The number of nitrogen functional groups attached to an aromatic ring is 1. The van der Waals surface area contributed by atoms with E-state index >= 15 is 0 Å². The molecule has 0 aliphatic carbocycles. The van der Waals surface area contributed by atoms with Crippen molar-refractivity contribution in [2.75, 3.05) is 5.73 Å². The van der Waals surface area contributed by atoms with Gasteiger partial charge >= 0.3 is 5.97 Å². The zero-order valence-corrected chi connectivity index (χ0v) is 6.16. The summed E-state index contributed by atoms with van der Waals surface area (Å²) in [6.07, 6.45) is 0. The third kappa shape index (κ3) is 1.49. The quantitative estimate of drug-likeness (QED) is 0.594. The highest BCUT2D eigenvalue weighted by Crippen LogP contribution is 2.11. The van der Waals surface area contributed by atoms with Gasteiger partial charge in [0.15, 0.2) is 0 Å². The number of hydrogen-bond donors (Lipinski definition) is 2. The maximum absolute atomic E-state index is 10.5. The fraction of sp³-hybridized carbons (Fsp3) is 0.125. The largest absolute Gasteiger partial charge is 0.478 e. The summed E-state index contributed by atoms with van der Waals surface area (Å²) >= 11 is 0. The van der Waals surface area contributed by atoms with E-state index in [1.54, 1.807) is 19.1 Å². The maximum atomic E-state index is 10.5. The first kappa shape index (κ1) is 7.60. The van der Waals surface area contributed by atoms with E-state index in [4.69, 9.17) is 10.8 Å². The second-order valence-corrected chi connectivity index (χ2v) is 2.38. The summed E-state index contributed by atoms with van der Waals surface area (Å²) in [5.74, 6) is -0.914. The number of carboxylic acid groups (broad SMARTS) is 1. The van der Waals surface area contributed by atoms with Gasteiger partial charge in [-0.15, -0.1) is 0 Å². The van der Waals surface area contributed by atoms with Crippen molar-refractivity contribution in [3.63, 3.8) is 0 Å². The van der Waals surface area contributed by atoms with Crippen LogP contribution in [0.15, 0.2) is 18.2 Å². The predicted molar refractivity (Wildman–Crippen MR) is 42.6 cm³/mol. The van der Waals surface area contributed by atoms with E-state index in [-0.39, 0.29) is 0 Å². The van der Waals surface area contributed by atoms with E-state index in [0.717, 1.165) is 0 Å². The molecule has 1 aromatic carbocycles. The number of anilines is 1. The summed E-state index contributed by atoms with van der Waals surface area (Å²) in [4.78, 5) is 10.5. The monoisotopic (exact) mass is 151 g/mol. The summed E-state index contributed by atoms with van der Waals surface area (Å²) in [7, 11) is 0. The Balaban J connectivity index is 3.20. The van der Waals surface area contributed by atoms with Crippen LogP contribution in [0, 0.1) is 6.92 Å². The second kappa shape index (κ2) is 2.62. The van der Waals surface area contributed by atoms with E-state index < -0.39 is 5.97 Å². The molecule has 1 aromatic rings. The van der Waals surface area contributed by atoms with Crippen LogP contribution in [0.25, 0.3) is 0 Å². The van der Waals surface area contributed by atoms with Gasteiger partial charge in [0, 0.05) is 5.69 Å². The number of carbonyl (C=O) groups is 1. The van der Waals surface area contributed by atoms with Crippen LogP contribution in [0.5, 0.6) is 0 Å². The molecule has 0 amide bonds. The van der Waals surface area contributed by atoms with Crippen LogP contribution >= 0.6 is 0 Å². The molecular weight excluding hydrogens is 142 g/mol. The number of aromatic carboxylic acids is 1. The minimum Gasteiger partial charge on any atom is -0.478 e. The molecule has 0 saturated heterocycles. The van der Waals surface area contributed by atoms with Crippen molar-refractivity contribution in [1.29, 1.82) is 0 Å². The summed E-state index contributed by atoms with van der Waals surface area (Å²) in [6, 6.07) is 4.73. The molecule has 0 radical (unpaired) electrons. The molecule has 3 nitrogen and oxygen atoms in total. The molecule has 0 heterocycles. The van der Waals surface area contributed by atoms with Gasteiger partial charge in [-0.1, -0.05) is 0 Å². The number of benzene rings is 1. The van der Waals surface area contributed by atoms with E-state index in [1.165, 1.54) is 6.07 Å². The standard InChI is InChI=1S/C8H9NO2/c1-5-4-6(9)2-3-7(5)8(10)11/h2-4H,9H2,1H3,(H,10,11). The number of hydrogen-bond acceptors (Lipinski definition) is 2. The highest BCUT2D eigenvalue weighted by atomic mass is 16.4. The van der Waals surface area contributed by atoms with E-state index in [0.29, 0.717) is 16.8 Å². The molecule has 3 heteroatoms. The topological polar surface area (TPSA) is 63.3 Å². The van der Waals surface area contributed by atoms with Gasteiger partial charge in [-0.05, 0) is 30.7 Å². The van der Waals surface area contributed by atoms with Crippen LogP contribution < -0.4 is 5.73 Å². The number of carboxylic acids is 1. The minimum absolute atomic E-state index is 0.305. The smallest absolute Gasteiger partial charge is 0.335 e. The summed E-state index contributed by atoms with van der Waals surface area (Å²) in [5, 5.41) is 8.62. The Hall–Kier alpha value is -1.51. The molecule has 0 spiro atoms. The SMILES string of the molecule is Cc1cc(N)ccc1C(=O)O. The molecule has 0 aliphatic heterocycles. The van der Waals surface area contributed by atoms with Gasteiger partial charge in [0.05, 0.1) is 5.56 Å². The van der Waals surface area contributed by atoms with Crippen LogP contribution in [0.4, 0.5) is 5.69 Å². The van der Waals surface area contributed by atoms with Gasteiger partial charge in [-0.25, -0.2) is 4.79 Å². The highest BCUT2D eigenvalue weighted by molar-refractivity contribution is 5.89. The summed E-state index contributed by atoms with van der Waals surface area (Å²) < 4.78 is 0. The molecule has 0 fully saturated rings. The van der Waals surface area contributed by atoms with Gasteiger partial charge in [-0.2, -0.15) is 0 Å². The second-order valence-electron chi connectivity index (χ2n) is 2.38. The average Bonchev–Trinajstić information content (AvgIpc) is 1.85. The molecule has 0 aromatic heterocycles. The molecule has 0 atom stereocenters. The molecule has 58 valence electrons. The molecule has 0 saturated carbocycles. The first-order valence-corrected chi connectivity index (χ1v) is 3.20. The first-order chi connectivity index (χ1) is 5.11. The first-order valence-electron chi connectivity index (χ1n) is 3.20. The fourth-order valence-electron chi connectivity index (χ4n) is 0.927. The van der Waals surface area contributed by atoms with Gasteiger partial charge in [0.1, 0.15) is 0 Å². The Kier molecular flexibility index (Phi) is 1.81. The Morgan fingerprint density at radius 3 is 2.64 bits per heavy atom. The molecule has 0 unspecified atom stereocenters. The van der Waals surface area contributed by atoms with Crippen molar-refractivity contribution in [2.45, 2.75) is 6.92 Å². The van der Waals surface area contributed by atoms with Crippen LogP contribution in [-0.4, -0.2) is 11.1 Å². The molecule has 0 bridgehead atoms. The summed E-state index contributed by atoms with van der Waals surface area (Å²) in [6.45, 7) is 1.72. The van der Waals surface area contributed by atoms with Crippen molar-refractivity contribution in [3.05, 3.63) is 29.3 Å². The molecular formula is C8H9NO2. The number of rotatable bonds is 1. The zero-order chi connectivity index (χ0) is 8.43. The highest BCUT2D eigenvalue weighted by Gasteiger charge is 2.04. The Morgan fingerprint density at radius 1 is 1.55 bits per heavy atom.